The van der Waals surface area contributed by atoms with Crippen molar-refractivity contribution in [2.75, 3.05) is 13.1 Å². The number of hydrogen-bond acceptors (Lipinski definition) is 3. The van der Waals surface area contributed by atoms with E-state index < -0.39 is 0 Å². The zero-order chi connectivity index (χ0) is 14.5. The van der Waals surface area contributed by atoms with E-state index in [9.17, 15) is 4.79 Å². The maximum absolute atomic E-state index is 11.9. The second-order valence-electron chi connectivity index (χ2n) is 4.93. The Bertz CT molecular complexity index is 576. The van der Waals surface area contributed by atoms with E-state index in [2.05, 4.69) is 10.2 Å². The van der Waals surface area contributed by atoms with Crippen LogP contribution >= 0.6 is 12.2 Å². The first kappa shape index (κ1) is 14.7. The number of nitrogens with zero attached hydrogens (tertiary/aromatic N) is 3. The summed E-state index contributed by atoms with van der Waals surface area (Å²) < 4.78 is 2.57. The average Bonchev–Trinajstić information content (AvgIpc) is 2.79. The van der Waals surface area contributed by atoms with Gasteiger partial charge in [0.25, 0.3) is 0 Å². The molecule has 1 aromatic heterocycles. The zero-order valence-electron chi connectivity index (χ0n) is 11.9. The molecule has 0 atom stereocenters. The van der Waals surface area contributed by atoms with Crippen molar-refractivity contribution in [1.29, 1.82) is 0 Å². The molecule has 1 aliphatic heterocycles. The standard InChI is InChI=1S/C14H20N4OS/c1-3-4-5-6-12(19)18-9-7-11(8-10-18)13-15-16-14(20)17(13)2/h3-6,11H,7-10H2,1-2H3,(H,16,20). The molecule has 0 radical (unpaired) electrons. The molecule has 0 spiro atoms. The molecular formula is C14H20N4OS. The highest BCUT2D eigenvalue weighted by Crippen LogP contribution is 2.26. The number of nitrogens with one attached hydrogen (secondary N) is 1. The van der Waals surface area contributed by atoms with Gasteiger partial charge in [0.15, 0.2) is 4.77 Å². The Labute approximate surface area is 124 Å². The fraction of sp³-hybridized carbons (Fsp3) is 0.500. The number of carbonyl (C=O) groups is 1. The lowest BCUT2D eigenvalue weighted by atomic mass is 9.96. The molecule has 1 fully saturated rings. The third kappa shape index (κ3) is 3.25. The molecule has 0 unspecified atom stereocenters. The Balaban J connectivity index is 1.94. The molecular weight excluding hydrogens is 272 g/mol. The van der Waals surface area contributed by atoms with E-state index >= 15 is 0 Å². The summed E-state index contributed by atoms with van der Waals surface area (Å²) >= 11 is 5.13. The van der Waals surface area contributed by atoms with Crippen LogP contribution in [0.15, 0.2) is 24.3 Å². The van der Waals surface area contributed by atoms with Crippen LogP contribution in [-0.4, -0.2) is 38.7 Å². The molecule has 6 heteroatoms. The lowest BCUT2D eigenvalue weighted by Crippen LogP contribution is -2.37. The van der Waals surface area contributed by atoms with E-state index in [4.69, 9.17) is 12.2 Å². The smallest absolute Gasteiger partial charge is 0.246 e. The van der Waals surface area contributed by atoms with Crippen molar-refractivity contribution in [2.45, 2.75) is 25.7 Å². The molecule has 1 saturated heterocycles. The van der Waals surface area contributed by atoms with Gasteiger partial charge in [0.1, 0.15) is 5.82 Å². The van der Waals surface area contributed by atoms with Gasteiger partial charge in [-0.05, 0) is 32.0 Å². The highest BCUT2D eigenvalue weighted by Gasteiger charge is 2.25. The largest absolute Gasteiger partial charge is 0.339 e. The van der Waals surface area contributed by atoms with E-state index in [0.717, 1.165) is 31.8 Å². The van der Waals surface area contributed by atoms with Crippen LogP contribution in [0.4, 0.5) is 0 Å². The van der Waals surface area contributed by atoms with Gasteiger partial charge in [0.05, 0.1) is 0 Å². The Kier molecular flexibility index (Phi) is 4.89. The van der Waals surface area contributed by atoms with Crippen molar-refractivity contribution in [3.8, 4) is 0 Å². The van der Waals surface area contributed by atoms with Gasteiger partial charge in [-0.3, -0.25) is 9.89 Å². The summed E-state index contributed by atoms with van der Waals surface area (Å²) in [5.74, 6) is 1.44. The van der Waals surface area contributed by atoms with Crippen LogP contribution in [0.2, 0.25) is 0 Å². The highest BCUT2D eigenvalue weighted by atomic mass is 32.1. The van der Waals surface area contributed by atoms with Gasteiger partial charge in [0, 0.05) is 32.1 Å². The molecule has 1 aromatic rings. The van der Waals surface area contributed by atoms with Crippen LogP contribution < -0.4 is 0 Å². The second kappa shape index (κ2) is 6.65. The summed E-state index contributed by atoms with van der Waals surface area (Å²) in [7, 11) is 1.93. The first-order chi connectivity index (χ1) is 9.63. The van der Waals surface area contributed by atoms with Crippen molar-refractivity contribution >= 4 is 18.1 Å². The number of likely N-dealkylation sites (tertiary alicyclic amines) is 1. The lowest BCUT2D eigenvalue weighted by molar-refractivity contribution is -0.127. The molecule has 20 heavy (non-hydrogen) atoms. The Morgan fingerprint density at radius 2 is 2.10 bits per heavy atom. The number of allylic oxidation sites excluding steroid dienone is 3. The third-order valence-corrected chi connectivity index (χ3v) is 3.99. The van der Waals surface area contributed by atoms with Crippen molar-refractivity contribution in [1.82, 2.24) is 19.7 Å². The van der Waals surface area contributed by atoms with Gasteiger partial charge >= 0.3 is 0 Å². The number of aromatic amines is 1. The normalized spacial score (nSPS) is 17.4. The van der Waals surface area contributed by atoms with Gasteiger partial charge in [-0.2, -0.15) is 5.10 Å². The summed E-state index contributed by atoms with van der Waals surface area (Å²) in [5.41, 5.74) is 0. The fourth-order valence-electron chi connectivity index (χ4n) is 2.44. The average molecular weight is 292 g/mol. The first-order valence-electron chi connectivity index (χ1n) is 6.83. The molecule has 0 aliphatic carbocycles. The van der Waals surface area contributed by atoms with Crippen LogP contribution in [0.5, 0.6) is 0 Å². The fourth-order valence-corrected chi connectivity index (χ4v) is 2.58. The number of carbonyl (C=O) groups excluding carboxylic acids is 1. The molecule has 1 N–H and O–H groups in total. The van der Waals surface area contributed by atoms with E-state index in [-0.39, 0.29) is 5.91 Å². The molecule has 0 bridgehead atoms. The number of rotatable bonds is 3. The minimum absolute atomic E-state index is 0.0805. The molecule has 0 saturated carbocycles. The van der Waals surface area contributed by atoms with Gasteiger partial charge < -0.3 is 9.47 Å². The SMILES string of the molecule is CC=CC=CC(=O)N1CCC(c2n[nH]c(=S)n2C)CC1. The molecule has 0 aromatic carbocycles. The quantitative estimate of drug-likeness (QED) is 0.528. The maximum atomic E-state index is 11.9. The van der Waals surface area contributed by atoms with Crippen molar-refractivity contribution in [3.05, 3.63) is 34.9 Å². The zero-order valence-corrected chi connectivity index (χ0v) is 12.7. The molecule has 2 rings (SSSR count). The van der Waals surface area contributed by atoms with E-state index in [0.29, 0.717) is 10.7 Å². The molecule has 2 heterocycles. The lowest BCUT2D eigenvalue weighted by Gasteiger charge is -2.30. The molecule has 1 amide bonds. The maximum Gasteiger partial charge on any atom is 0.246 e. The van der Waals surface area contributed by atoms with E-state index in [1.165, 1.54) is 0 Å². The Hall–Kier alpha value is -1.69. The van der Waals surface area contributed by atoms with Gasteiger partial charge in [-0.1, -0.05) is 18.2 Å². The van der Waals surface area contributed by atoms with Crippen molar-refractivity contribution in [3.63, 3.8) is 0 Å². The number of hydrogen-bond donors (Lipinski definition) is 1. The topological polar surface area (TPSA) is 53.9 Å². The molecule has 1 aliphatic rings. The van der Waals surface area contributed by atoms with Gasteiger partial charge in [-0.25, -0.2) is 0 Å². The molecule has 5 nitrogen and oxygen atoms in total. The summed E-state index contributed by atoms with van der Waals surface area (Å²) in [6.07, 6.45) is 9.02. The minimum Gasteiger partial charge on any atom is -0.339 e. The predicted molar refractivity (Wildman–Crippen MR) is 80.9 cm³/mol. The minimum atomic E-state index is 0.0805. The number of amides is 1. The van der Waals surface area contributed by atoms with Crippen LogP contribution in [0, 0.1) is 4.77 Å². The number of piperidine rings is 1. The third-order valence-electron chi connectivity index (χ3n) is 3.63. The summed E-state index contributed by atoms with van der Waals surface area (Å²) in [6, 6.07) is 0. The van der Waals surface area contributed by atoms with Crippen LogP contribution in [0.25, 0.3) is 0 Å². The van der Waals surface area contributed by atoms with Crippen LogP contribution in [0.1, 0.15) is 31.5 Å². The van der Waals surface area contributed by atoms with E-state index in [1.807, 2.05) is 35.6 Å². The number of H-pyrrole nitrogens is 1. The second-order valence-corrected chi connectivity index (χ2v) is 5.32. The predicted octanol–water partition coefficient (Wildman–Crippen LogP) is 2.32. The van der Waals surface area contributed by atoms with E-state index in [1.54, 1.807) is 12.2 Å². The Morgan fingerprint density at radius 1 is 1.40 bits per heavy atom. The summed E-state index contributed by atoms with van der Waals surface area (Å²) in [6.45, 7) is 3.46. The highest BCUT2D eigenvalue weighted by molar-refractivity contribution is 7.71. The summed E-state index contributed by atoms with van der Waals surface area (Å²) in [5, 5.41) is 7.11. The van der Waals surface area contributed by atoms with Crippen LogP contribution in [-0.2, 0) is 11.8 Å². The first-order valence-corrected chi connectivity index (χ1v) is 7.24. The van der Waals surface area contributed by atoms with Crippen LogP contribution in [0.3, 0.4) is 0 Å². The summed E-state index contributed by atoms with van der Waals surface area (Å²) in [4.78, 5) is 13.8. The monoisotopic (exact) mass is 292 g/mol. The van der Waals surface area contributed by atoms with Gasteiger partial charge in [0.2, 0.25) is 5.91 Å². The number of aromatic nitrogens is 3. The van der Waals surface area contributed by atoms with Crippen molar-refractivity contribution in [2.24, 2.45) is 7.05 Å². The molecule has 108 valence electrons. The Morgan fingerprint density at radius 3 is 2.65 bits per heavy atom. The van der Waals surface area contributed by atoms with Gasteiger partial charge in [-0.15, -0.1) is 0 Å². The van der Waals surface area contributed by atoms with Crippen molar-refractivity contribution < 1.29 is 4.79 Å².